The molecule has 0 saturated heterocycles. The van der Waals surface area contributed by atoms with Gasteiger partial charge in [0.1, 0.15) is 0 Å². The van der Waals surface area contributed by atoms with E-state index in [0.29, 0.717) is 17.1 Å². The Bertz CT molecular complexity index is 983. The number of benzene rings is 2. The van der Waals surface area contributed by atoms with Crippen molar-refractivity contribution in [3.05, 3.63) is 71.1 Å². The highest BCUT2D eigenvalue weighted by molar-refractivity contribution is 7.14. The number of rotatable bonds is 3. The molecule has 0 spiro atoms. The number of thiazole rings is 1. The minimum absolute atomic E-state index is 0.331. The van der Waals surface area contributed by atoms with Crippen molar-refractivity contribution in [2.45, 2.75) is 18.9 Å². The fourth-order valence-electron chi connectivity index (χ4n) is 2.96. The number of carbonyl (C=O) groups excluding carboxylic acids is 2. The van der Waals surface area contributed by atoms with Crippen molar-refractivity contribution in [1.29, 1.82) is 0 Å². The van der Waals surface area contributed by atoms with Gasteiger partial charge < -0.3 is 4.74 Å². The first-order chi connectivity index (χ1) is 12.5. The minimum atomic E-state index is -1.26. The van der Waals surface area contributed by atoms with Crippen molar-refractivity contribution in [3.8, 4) is 11.3 Å². The quantitative estimate of drug-likeness (QED) is 0.715. The summed E-state index contributed by atoms with van der Waals surface area (Å²) in [5, 5.41) is 5.15. The van der Waals surface area contributed by atoms with E-state index in [1.807, 2.05) is 47.8 Å². The summed E-state index contributed by atoms with van der Waals surface area (Å²) >= 11 is 1.34. The van der Waals surface area contributed by atoms with Gasteiger partial charge in [0.25, 0.3) is 5.91 Å². The van der Waals surface area contributed by atoms with E-state index in [-0.39, 0.29) is 5.91 Å². The summed E-state index contributed by atoms with van der Waals surface area (Å²) in [7, 11) is 0. The van der Waals surface area contributed by atoms with Crippen molar-refractivity contribution >= 4 is 28.3 Å². The van der Waals surface area contributed by atoms with Crippen LogP contribution in [0, 0.1) is 0 Å². The van der Waals surface area contributed by atoms with Crippen molar-refractivity contribution < 1.29 is 14.3 Å². The average Bonchev–Trinajstić information content (AvgIpc) is 3.11. The molecule has 1 atom stereocenters. The molecule has 0 fully saturated rings. The standard InChI is InChI=1S/C20H16N2O3S/c1-20(11-14-9-5-6-10-15(14)17(23)25-20)18(24)22-19-21-16(12-26-19)13-7-3-2-4-8-13/h2-10,12H,11H2,1H3,(H,21,22,24)/t20-/m0/s1. The van der Waals surface area contributed by atoms with Crippen LogP contribution >= 0.6 is 11.3 Å². The molecule has 0 aliphatic carbocycles. The second-order valence-corrected chi connectivity index (χ2v) is 7.17. The molecule has 1 amide bonds. The molecule has 26 heavy (non-hydrogen) atoms. The van der Waals surface area contributed by atoms with Gasteiger partial charge in [0.15, 0.2) is 10.7 Å². The SMILES string of the molecule is C[C@@]1(C(=O)Nc2nc(-c3ccccc3)cs2)Cc2ccccc2C(=O)O1. The maximum Gasteiger partial charge on any atom is 0.339 e. The lowest BCUT2D eigenvalue weighted by Gasteiger charge is -2.32. The van der Waals surface area contributed by atoms with E-state index in [9.17, 15) is 9.59 Å². The molecule has 1 aromatic heterocycles. The van der Waals surface area contributed by atoms with E-state index >= 15 is 0 Å². The van der Waals surface area contributed by atoms with Gasteiger partial charge in [-0.3, -0.25) is 10.1 Å². The number of fused-ring (bicyclic) bond motifs is 1. The fourth-order valence-corrected chi connectivity index (χ4v) is 3.68. The molecule has 1 aliphatic rings. The Kier molecular flexibility index (Phi) is 4.05. The molecule has 1 N–H and O–H groups in total. The first kappa shape index (κ1) is 16.5. The topological polar surface area (TPSA) is 68.3 Å². The van der Waals surface area contributed by atoms with Gasteiger partial charge in [-0.25, -0.2) is 9.78 Å². The van der Waals surface area contributed by atoms with E-state index < -0.39 is 11.6 Å². The number of esters is 1. The van der Waals surface area contributed by atoms with E-state index in [1.165, 1.54) is 11.3 Å². The smallest absolute Gasteiger partial charge is 0.339 e. The van der Waals surface area contributed by atoms with Crippen LogP contribution in [0.2, 0.25) is 0 Å². The molecule has 4 rings (SSSR count). The first-order valence-corrected chi connectivity index (χ1v) is 9.07. The Labute approximate surface area is 154 Å². The molecule has 6 heteroatoms. The van der Waals surface area contributed by atoms with Crippen LogP contribution in [0.1, 0.15) is 22.8 Å². The third-order valence-corrected chi connectivity index (χ3v) is 5.12. The van der Waals surface area contributed by atoms with Crippen molar-refractivity contribution in [2.75, 3.05) is 5.32 Å². The van der Waals surface area contributed by atoms with Gasteiger partial charge in [-0.1, -0.05) is 48.5 Å². The lowest BCUT2D eigenvalue weighted by molar-refractivity contribution is -0.134. The molecule has 2 aromatic carbocycles. The molecule has 0 radical (unpaired) electrons. The average molecular weight is 364 g/mol. The van der Waals surface area contributed by atoms with Crippen LogP contribution in [0.3, 0.4) is 0 Å². The molecule has 5 nitrogen and oxygen atoms in total. The van der Waals surface area contributed by atoms with Crippen LogP contribution < -0.4 is 5.32 Å². The molecule has 3 aromatic rings. The summed E-state index contributed by atoms with van der Waals surface area (Å²) in [5.74, 6) is -0.858. The van der Waals surface area contributed by atoms with E-state index in [1.54, 1.807) is 19.1 Å². The number of cyclic esters (lactones) is 1. The number of carbonyl (C=O) groups is 2. The Hall–Kier alpha value is -2.99. The monoisotopic (exact) mass is 364 g/mol. The maximum absolute atomic E-state index is 12.8. The summed E-state index contributed by atoms with van der Waals surface area (Å²) in [5.41, 5.74) is 1.84. The van der Waals surface area contributed by atoms with Gasteiger partial charge in [-0.05, 0) is 18.6 Å². The van der Waals surface area contributed by atoms with Gasteiger partial charge >= 0.3 is 5.97 Å². The van der Waals surface area contributed by atoms with Crippen LogP contribution in [0.4, 0.5) is 5.13 Å². The van der Waals surface area contributed by atoms with Gasteiger partial charge in [-0.2, -0.15) is 0 Å². The van der Waals surface area contributed by atoms with E-state index in [2.05, 4.69) is 10.3 Å². The number of hydrogen-bond donors (Lipinski definition) is 1. The number of aromatic nitrogens is 1. The van der Waals surface area contributed by atoms with Crippen molar-refractivity contribution in [3.63, 3.8) is 0 Å². The van der Waals surface area contributed by atoms with Gasteiger partial charge in [0.2, 0.25) is 0 Å². The van der Waals surface area contributed by atoms with E-state index in [0.717, 1.165) is 16.8 Å². The summed E-state index contributed by atoms with van der Waals surface area (Å²) in [6.45, 7) is 1.63. The number of nitrogens with zero attached hydrogens (tertiary/aromatic N) is 1. The highest BCUT2D eigenvalue weighted by Crippen LogP contribution is 2.30. The summed E-state index contributed by atoms with van der Waals surface area (Å²) in [6, 6.07) is 16.9. The summed E-state index contributed by atoms with van der Waals surface area (Å²) in [4.78, 5) is 29.5. The maximum atomic E-state index is 12.8. The Morgan fingerprint density at radius 1 is 1.15 bits per heavy atom. The fraction of sp³-hybridized carbons (Fsp3) is 0.150. The second kappa shape index (κ2) is 6.38. The third-order valence-electron chi connectivity index (χ3n) is 4.36. The van der Waals surface area contributed by atoms with E-state index in [4.69, 9.17) is 4.74 Å². The van der Waals surface area contributed by atoms with Crippen molar-refractivity contribution in [1.82, 2.24) is 4.98 Å². The molecule has 0 saturated carbocycles. The normalized spacial score (nSPS) is 18.7. The minimum Gasteiger partial charge on any atom is -0.445 e. The molecule has 0 bridgehead atoms. The number of ether oxygens (including phenoxy) is 1. The predicted octanol–water partition coefficient (Wildman–Crippen LogP) is 3.92. The van der Waals surface area contributed by atoms with Crippen LogP contribution in [0.25, 0.3) is 11.3 Å². The van der Waals surface area contributed by atoms with Gasteiger partial charge in [0.05, 0.1) is 11.3 Å². The van der Waals surface area contributed by atoms with Gasteiger partial charge in [0, 0.05) is 17.4 Å². The largest absolute Gasteiger partial charge is 0.445 e. The summed E-state index contributed by atoms with van der Waals surface area (Å²) < 4.78 is 5.45. The Morgan fingerprint density at radius 2 is 1.88 bits per heavy atom. The molecule has 130 valence electrons. The van der Waals surface area contributed by atoms with Crippen LogP contribution in [-0.4, -0.2) is 22.5 Å². The molecular formula is C20H16N2O3S. The third kappa shape index (κ3) is 2.99. The molecule has 2 heterocycles. The number of hydrogen-bond acceptors (Lipinski definition) is 5. The zero-order valence-electron chi connectivity index (χ0n) is 14.1. The molecule has 0 unspecified atom stereocenters. The highest BCUT2D eigenvalue weighted by Gasteiger charge is 2.42. The first-order valence-electron chi connectivity index (χ1n) is 8.19. The zero-order chi connectivity index (χ0) is 18.1. The lowest BCUT2D eigenvalue weighted by atomic mass is 9.89. The zero-order valence-corrected chi connectivity index (χ0v) is 14.9. The highest BCUT2D eigenvalue weighted by atomic mass is 32.1. The summed E-state index contributed by atoms with van der Waals surface area (Å²) in [6.07, 6.45) is 0.331. The predicted molar refractivity (Wildman–Crippen MR) is 100 cm³/mol. The van der Waals surface area contributed by atoms with Crippen molar-refractivity contribution in [2.24, 2.45) is 0 Å². The molecule has 1 aliphatic heterocycles. The Morgan fingerprint density at radius 3 is 2.69 bits per heavy atom. The van der Waals surface area contributed by atoms with Crippen LogP contribution in [0.5, 0.6) is 0 Å². The number of anilines is 1. The second-order valence-electron chi connectivity index (χ2n) is 6.31. The van der Waals surface area contributed by atoms with Gasteiger partial charge in [-0.15, -0.1) is 11.3 Å². The Balaban J connectivity index is 1.54. The molecular weight excluding hydrogens is 348 g/mol. The van der Waals surface area contributed by atoms with Crippen LogP contribution in [-0.2, 0) is 16.0 Å². The number of nitrogens with one attached hydrogen (secondary N) is 1. The number of amides is 1. The van der Waals surface area contributed by atoms with Crippen LogP contribution in [0.15, 0.2) is 60.0 Å². The lowest BCUT2D eigenvalue weighted by Crippen LogP contribution is -2.48.